The molecule has 0 spiro atoms. The molecule has 1 heterocycles. The quantitative estimate of drug-likeness (QED) is 0.142. The molecule has 0 aliphatic carbocycles. The Bertz CT molecular complexity index is 3340. The fourth-order valence-corrected chi connectivity index (χ4v) is 11.4. The molecule has 0 fully saturated rings. The largest absolute Gasteiger partial charge is 0.518 e. The number of hydrogen-bond acceptors (Lipinski definition) is 4. The van der Waals surface area contributed by atoms with Crippen molar-refractivity contribution < 1.29 is 35.5 Å². The Morgan fingerprint density at radius 1 is 0.433 bits per heavy atom. The summed E-state index contributed by atoms with van der Waals surface area (Å²) in [6.45, 7) is 0. The van der Waals surface area contributed by atoms with Crippen LogP contribution in [0.1, 0.15) is 0 Å². The molecule has 0 saturated carbocycles. The molecule has 11 heteroatoms. The smallest absolute Gasteiger partial charge is 0.408 e. The molecule has 0 amide bonds. The van der Waals surface area contributed by atoms with Crippen molar-refractivity contribution in [3.63, 3.8) is 0 Å². The first-order chi connectivity index (χ1) is 29.0. The van der Waals surface area contributed by atoms with Gasteiger partial charge in [-0.2, -0.15) is 21.6 Å². The van der Waals surface area contributed by atoms with Crippen molar-refractivity contribution >= 4 is 82.4 Å². The molecule has 1 N–H and O–H groups in total. The molecule has 6 nitrogen and oxygen atoms in total. The number of fused-ring (bicyclic) bond motifs is 11. The van der Waals surface area contributed by atoms with Gasteiger partial charge in [-0.3, -0.25) is 4.89 Å². The zero-order valence-corrected chi connectivity index (χ0v) is 32.9. The molecule has 0 radical (unpaired) electrons. The molecular formula is C49H29F3NO5PS. The van der Waals surface area contributed by atoms with E-state index in [1.54, 1.807) is 0 Å². The lowest BCUT2D eigenvalue weighted by Crippen LogP contribution is -2.21. The number of nitrogens with zero attached hydrogens (tertiary/aromatic N) is 1. The molecule has 292 valence electrons. The van der Waals surface area contributed by atoms with Gasteiger partial charge in [0, 0.05) is 33.4 Å². The van der Waals surface area contributed by atoms with E-state index in [9.17, 15) is 26.5 Å². The summed E-state index contributed by atoms with van der Waals surface area (Å²) in [6, 6.07) is 53.7. The third kappa shape index (κ3) is 5.59. The Kier molecular flexibility index (Phi) is 7.97. The second-order valence-corrected chi connectivity index (χ2v) is 18.2. The SMILES string of the molecule is O=S(=O)(N=P1(O)Oc2c(-c3c4ccccc4cc4ccccc34)cc3ccccc3c2-c2c(c(-c3c4ccccc4cc4ccccc34)cc3ccccc23)O1)C(F)(F)F. The number of rotatable bonds is 3. The van der Waals surface area contributed by atoms with Crippen molar-refractivity contribution in [1.82, 2.24) is 0 Å². The summed E-state index contributed by atoms with van der Waals surface area (Å²) in [5.41, 5.74) is -2.95. The summed E-state index contributed by atoms with van der Waals surface area (Å²) in [4.78, 5) is 12.6. The van der Waals surface area contributed by atoms with Crippen LogP contribution >= 0.6 is 7.74 Å². The van der Waals surface area contributed by atoms with E-state index >= 15 is 0 Å². The van der Waals surface area contributed by atoms with Crippen LogP contribution in [0.4, 0.5) is 13.2 Å². The topological polar surface area (TPSA) is 85.2 Å². The molecule has 10 aromatic rings. The van der Waals surface area contributed by atoms with Crippen molar-refractivity contribution in [1.29, 1.82) is 0 Å². The van der Waals surface area contributed by atoms with E-state index in [0.717, 1.165) is 53.9 Å². The first-order valence-electron chi connectivity index (χ1n) is 19.0. The Morgan fingerprint density at radius 2 is 0.700 bits per heavy atom. The maximum Gasteiger partial charge on any atom is 0.518 e. The number of benzene rings is 10. The molecule has 10 aromatic carbocycles. The van der Waals surface area contributed by atoms with Crippen LogP contribution in [0.5, 0.6) is 11.5 Å². The average molecular weight is 832 g/mol. The normalized spacial score (nSPS) is 13.9. The van der Waals surface area contributed by atoms with E-state index in [1.165, 1.54) is 0 Å². The fraction of sp³-hybridized carbons (Fsp3) is 0.0204. The van der Waals surface area contributed by atoms with Gasteiger partial charge in [-0.1, -0.05) is 150 Å². The summed E-state index contributed by atoms with van der Waals surface area (Å²) < 4.78 is 85.4. The Hall–Kier alpha value is -6.71. The molecule has 60 heavy (non-hydrogen) atoms. The molecule has 1 aliphatic heterocycles. The van der Waals surface area contributed by atoms with E-state index in [2.05, 4.69) is 16.3 Å². The number of halogens is 3. The maximum absolute atomic E-state index is 14.4. The number of alkyl halides is 3. The van der Waals surface area contributed by atoms with E-state index in [0.29, 0.717) is 44.2 Å². The predicted molar refractivity (Wildman–Crippen MR) is 236 cm³/mol. The maximum atomic E-state index is 14.4. The molecule has 0 atom stereocenters. The summed E-state index contributed by atoms with van der Waals surface area (Å²) in [5.74, 6) is -0.146. The van der Waals surface area contributed by atoms with Crippen molar-refractivity contribution in [3.8, 4) is 44.9 Å². The first kappa shape index (κ1) is 36.4. The zero-order valence-electron chi connectivity index (χ0n) is 31.2. The highest BCUT2D eigenvalue weighted by Crippen LogP contribution is 2.64. The predicted octanol–water partition coefficient (Wildman–Crippen LogP) is 14.2. The monoisotopic (exact) mass is 831 g/mol. The van der Waals surface area contributed by atoms with Crippen LogP contribution in [0.3, 0.4) is 0 Å². The minimum absolute atomic E-state index is 0.0732. The van der Waals surface area contributed by atoms with Gasteiger partial charge in [0.2, 0.25) is 0 Å². The Labute approximate surface area is 341 Å². The van der Waals surface area contributed by atoms with Gasteiger partial charge in [0.05, 0.1) is 0 Å². The van der Waals surface area contributed by atoms with E-state index < -0.39 is 23.3 Å². The van der Waals surface area contributed by atoms with Gasteiger partial charge in [-0.05, 0) is 88.9 Å². The summed E-state index contributed by atoms with van der Waals surface area (Å²) >= 11 is 0. The Morgan fingerprint density at radius 3 is 1.00 bits per heavy atom. The van der Waals surface area contributed by atoms with Gasteiger partial charge in [-0.15, -0.1) is 0 Å². The van der Waals surface area contributed by atoms with Gasteiger partial charge in [-0.25, -0.2) is 0 Å². The van der Waals surface area contributed by atoms with Gasteiger partial charge < -0.3 is 9.05 Å². The van der Waals surface area contributed by atoms with Gasteiger partial charge in [0.1, 0.15) is 11.5 Å². The van der Waals surface area contributed by atoms with Crippen molar-refractivity contribution in [2.24, 2.45) is 4.15 Å². The van der Waals surface area contributed by atoms with Gasteiger partial charge in [0.25, 0.3) is 0 Å². The third-order valence-electron chi connectivity index (χ3n) is 11.3. The van der Waals surface area contributed by atoms with Crippen LogP contribution in [-0.4, -0.2) is 18.8 Å². The first-order valence-corrected chi connectivity index (χ1v) is 22.0. The number of sulfonamides is 1. The lowest BCUT2D eigenvalue weighted by atomic mass is 9.83. The van der Waals surface area contributed by atoms with Crippen LogP contribution in [0.25, 0.3) is 98.0 Å². The van der Waals surface area contributed by atoms with Gasteiger partial charge in [0.15, 0.2) is 0 Å². The fourth-order valence-electron chi connectivity index (χ4n) is 8.79. The van der Waals surface area contributed by atoms with Crippen molar-refractivity contribution in [3.05, 3.63) is 170 Å². The van der Waals surface area contributed by atoms with Crippen LogP contribution in [0.15, 0.2) is 174 Å². The highest BCUT2D eigenvalue weighted by Gasteiger charge is 2.50. The van der Waals surface area contributed by atoms with E-state index in [4.69, 9.17) is 9.05 Å². The average Bonchev–Trinajstić information content (AvgIpc) is 3.38. The molecule has 1 aliphatic rings. The van der Waals surface area contributed by atoms with Gasteiger partial charge >= 0.3 is 23.3 Å². The van der Waals surface area contributed by atoms with Crippen LogP contribution in [0, 0.1) is 0 Å². The second kappa shape index (κ2) is 13.1. The minimum atomic E-state index is -6.38. The van der Waals surface area contributed by atoms with Crippen molar-refractivity contribution in [2.45, 2.75) is 5.51 Å². The number of hydrogen-bond donors (Lipinski definition) is 1. The standard InChI is InChI=1S/C49H29F3NO5PS/c50-49(51,52)60(55,56)53-59(54)57-47-41(43-35-19-7-1-13-29(35)25-30-14-2-8-20-36(30)43)27-33-17-5-11-23-39(33)45(47)46-40-24-12-6-18-34(40)28-42(48(46)58-59)44-37-21-9-3-15-31(37)26-32-16-4-10-22-38(32)44/h1-28,54H. The molecule has 0 saturated heterocycles. The summed E-state index contributed by atoms with van der Waals surface area (Å²) in [7, 11) is -11.8. The lowest BCUT2D eigenvalue weighted by molar-refractivity contribution is -0.0435. The Balaban J connectivity index is 1.40. The van der Waals surface area contributed by atoms with E-state index in [1.807, 2.05) is 158 Å². The van der Waals surface area contributed by atoms with Crippen molar-refractivity contribution in [2.75, 3.05) is 0 Å². The third-order valence-corrected chi connectivity index (χ3v) is 14.4. The van der Waals surface area contributed by atoms with E-state index in [-0.39, 0.29) is 11.5 Å². The summed E-state index contributed by atoms with van der Waals surface area (Å²) in [5, 5.41) is 9.47. The second-order valence-electron chi connectivity index (χ2n) is 14.8. The molecular weight excluding hydrogens is 803 g/mol. The van der Waals surface area contributed by atoms with Crippen LogP contribution < -0.4 is 9.05 Å². The highest BCUT2D eigenvalue weighted by molar-refractivity contribution is 7.93. The highest BCUT2D eigenvalue weighted by atomic mass is 32.2. The summed E-state index contributed by atoms with van der Waals surface area (Å²) in [6.07, 6.45) is 0. The van der Waals surface area contributed by atoms with Crippen LogP contribution in [-0.2, 0) is 10.0 Å². The lowest BCUT2D eigenvalue weighted by Gasteiger charge is -2.22. The molecule has 0 aromatic heterocycles. The minimum Gasteiger partial charge on any atom is -0.408 e. The molecule has 0 unspecified atom stereocenters. The van der Waals surface area contributed by atoms with Crippen LogP contribution in [0.2, 0.25) is 0 Å². The molecule has 11 rings (SSSR count). The molecule has 0 bridgehead atoms. The zero-order chi connectivity index (χ0) is 41.0.